The van der Waals surface area contributed by atoms with E-state index in [0.717, 1.165) is 44.5 Å². The zero-order valence-corrected chi connectivity index (χ0v) is 11.8. The van der Waals surface area contributed by atoms with Gasteiger partial charge in [0.15, 0.2) is 0 Å². The maximum absolute atomic E-state index is 10.7. The number of nitriles is 1. The first kappa shape index (κ1) is 13.3. The summed E-state index contributed by atoms with van der Waals surface area (Å²) >= 11 is 0. The molecule has 2 unspecified atom stereocenters. The number of hydrogen-bond donors (Lipinski definition) is 1. The van der Waals surface area contributed by atoms with Crippen LogP contribution in [-0.4, -0.2) is 33.8 Å². The van der Waals surface area contributed by atoms with Gasteiger partial charge in [-0.3, -0.25) is 0 Å². The van der Waals surface area contributed by atoms with Gasteiger partial charge in [0.1, 0.15) is 11.8 Å². The van der Waals surface area contributed by atoms with E-state index in [1.165, 1.54) is 6.42 Å². The Bertz CT molecular complexity index is 553. The van der Waals surface area contributed by atoms with Gasteiger partial charge in [0.05, 0.1) is 5.60 Å². The normalized spacial score (nSPS) is 29.6. The van der Waals surface area contributed by atoms with Crippen LogP contribution in [0.15, 0.2) is 6.07 Å². The molecule has 1 N–H and O–H groups in total. The highest BCUT2D eigenvalue weighted by Crippen LogP contribution is 2.40. The molecular formula is C15H20N4O. The Hall–Kier alpha value is -1.67. The summed E-state index contributed by atoms with van der Waals surface area (Å²) in [5.74, 6) is 0.939. The molecule has 1 saturated carbocycles. The first-order chi connectivity index (χ1) is 9.60. The summed E-state index contributed by atoms with van der Waals surface area (Å²) in [6.45, 7) is 3.44. The van der Waals surface area contributed by atoms with E-state index < -0.39 is 5.60 Å². The SMILES string of the molecule is Cc1cc(C#N)nc(N2CCC3(O)CCCCC3C2)n1. The van der Waals surface area contributed by atoms with Gasteiger partial charge < -0.3 is 10.0 Å². The van der Waals surface area contributed by atoms with E-state index in [0.29, 0.717) is 17.6 Å². The number of aryl methyl sites for hydroxylation is 1. The predicted molar refractivity (Wildman–Crippen MR) is 75.2 cm³/mol. The molecule has 5 nitrogen and oxygen atoms in total. The quantitative estimate of drug-likeness (QED) is 0.843. The van der Waals surface area contributed by atoms with Crippen molar-refractivity contribution < 1.29 is 5.11 Å². The number of fused-ring (bicyclic) bond motifs is 1. The lowest BCUT2D eigenvalue weighted by molar-refractivity contribution is -0.0614. The molecule has 2 heterocycles. The number of hydrogen-bond acceptors (Lipinski definition) is 5. The van der Waals surface area contributed by atoms with Crippen LogP contribution < -0.4 is 4.90 Å². The number of aliphatic hydroxyl groups is 1. The second-order valence-corrected chi connectivity index (χ2v) is 6.05. The summed E-state index contributed by atoms with van der Waals surface area (Å²) < 4.78 is 0. The maximum Gasteiger partial charge on any atom is 0.226 e. The van der Waals surface area contributed by atoms with Gasteiger partial charge in [-0.1, -0.05) is 12.8 Å². The van der Waals surface area contributed by atoms with Crippen molar-refractivity contribution in [2.75, 3.05) is 18.0 Å². The van der Waals surface area contributed by atoms with E-state index >= 15 is 0 Å². The van der Waals surface area contributed by atoms with Crippen molar-refractivity contribution in [2.24, 2.45) is 5.92 Å². The van der Waals surface area contributed by atoms with Gasteiger partial charge in [-0.15, -0.1) is 0 Å². The van der Waals surface area contributed by atoms with Gasteiger partial charge in [0.2, 0.25) is 5.95 Å². The standard InChI is InChI=1S/C15H20N4O/c1-11-8-13(9-16)18-14(17-11)19-7-6-15(20)5-3-2-4-12(15)10-19/h8,12,20H,2-7,10H2,1H3. The van der Waals surface area contributed by atoms with Gasteiger partial charge in [0.25, 0.3) is 0 Å². The molecular weight excluding hydrogens is 252 g/mol. The largest absolute Gasteiger partial charge is 0.389 e. The van der Waals surface area contributed by atoms with Gasteiger partial charge in [-0.2, -0.15) is 5.26 Å². The Morgan fingerprint density at radius 1 is 1.40 bits per heavy atom. The Morgan fingerprint density at radius 3 is 3.05 bits per heavy atom. The van der Waals surface area contributed by atoms with Crippen molar-refractivity contribution in [2.45, 2.75) is 44.6 Å². The topological polar surface area (TPSA) is 73.0 Å². The molecule has 0 aromatic carbocycles. The Kier molecular flexibility index (Phi) is 3.35. The van der Waals surface area contributed by atoms with Crippen molar-refractivity contribution in [3.05, 3.63) is 17.5 Å². The zero-order chi connectivity index (χ0) is 14.2. The Morgan fingerprint density at radius 2 is 2.25 bits per heavy atom. The number of anilines is 1. The molecule has 0 spiro atoms. The Balaban J connectivity index is 1.83. The van der Waals surface area contributed by atoms with E-state index in [1.807, 2.05) is 6.92 Å². The van der Waals surface area contributed by atoms with Crippen LogP contribution >= 0.6 is 0 Å². The lowest BCUT2D eigenvalue weighted by Gasteiger charge is -2.47. The molecule has 2 aliphatic rings. The number of piperidine rings is 1. The van der Waals surface area contributed by atoms with Crippen molar-refractivity contribution in [3.8, 4) is 6.07 Å². The van der Waals surface area contributed by atoms with Crippen LogP contribution in [0.25, 0.3) is 0 Å². The fraction of sp³-hybridized carbons (Fsp3) is 0.667. The molecule has 0 amide bonds. The molecule has 3 rings (SSSR count). The van der Waals surface area contributed by atoms with Gasteiger partial charge in [0, 0.05) is 24.7 Å². The Labute approximate surface area is 119 Å². The van der Waals surface area contributed by atoms with Crippen molar-refractivity contribution >= 4 is 5.95 Å². The van der Waals surface area contributed by atoms with Crippen LogP contribution in [0.3, 0.4) is 0 Å². The first-order valence-corrected chi connectivity index (χ1v) is 7.34. The van der Waals surface area contributed by atoms with Crippen LogP contribution in [0, 0.1) is 24.2 Å². The number of aromatic nitrogens is 2. The summed E-state index contributed by atoms with van der Waals surface area (Å²) in [5.41, 5.74) is 0.740. The second kappa shape index (κ2) is 5.02. The average Bonchev–Trinajstić information content (AvgIpc) is 2.45. The smallest absolute Gasteiger partial charge is 0.226 e. The number of nitrogens with zero attached hydrogens (tertiary/aromatic N) is 4. The monoisotopic (exact) mass is 272 g/mol. The van der Waals surface area contributed by atoms with Crippen LogP contribution in [0.5, 0.6) is 0 Å². The molecule has 1 aliphatic carbocycles. The molecule has 0 bridgehead atoms. The second-order valence-electron chi connectivity index (χ2n) is 6.05. The molecule has 5 heteroatoms. The molecule has 1 aromatic heterocycles. The fourth-order valence-corrected chi connectivity index (χ4v) is 3.50. The van der Waals surface area contributed by atoms with Crippen LogP contribution in [0.4, 0.5) is 5.95 Å². The highest BCUT2D eigenvalue weighted by atomic mass is 16.3. The number of rotatable bonds is 1. The minimum Gasteiger partial charge on any atom is -0.389 e. The summed E-state index contributed by atoms with van der Waals surface area (Å²) in [4.78, 5) is 10.9. The minimum atomic E-state index is -0.489. The van der Waals surface area contributed by atoms with Gasteiger partial charge in [-0.25, -0.2) is 9.97 Å². The lowest BCUT2D eigenvalue weighted by atomic mass is 9.71. The molecule has 2 fully saturated rings. The van der Waals surface area contributed by atoms with Gasteiger partial charge in [-0.05, 0) is 32.3 Å². The molecule has 1 aromatic rings. The summed E-state index contributed by atoms with van der Waals surface area (Å²) in [7, 11) is 0. The highest BCUT2D eigenvalue weighted by molar-refractivity contribution is 5.37. The zero-order valence-electron chi connectivity index (χ0n) is 11.8. The van der Waals surface area contributed by atoms with Crippen molar-refractivity contribution in [1.82, 2.24) is 9.97 Å². The molecule has 1 aliphatic heterocycles. The third kappa shape index (κ3) is 2.36. The molecule has 106 valence electrons. The lowest BCUT2D eigenvalue weighted by Crippen LogP contribution is -2.53. The predicted octanol–water partition coefficient (Wildman–Crippen LogP) is 1.79. The fourth-order valence-electron chi connectivity index (χ4n) is 3.50. The van der Waals surface area contributed by atoms with Crippen molar-refractivity contribution in [3.63, 3.8) is 0 Å². The molecule has 20 heavy (non-hydrogen) atoms. The average molecular weight is 272 g/mol. The van der Waals surface area contributed by atoms with Crippen LogP contribution in [0.1, 0.15) is 43.5 Å². The van der Waals surface area contributed by atoms with E-state index in [1.54, 1.807) is 6.07 Å². The third-order valence-electron chi connectivity index (χ3n) is 4.67. The molecule has 2 atom stereocenters. The van der Waals surface area contributed by atoms with E-state index in [-0.39, 0.29) is 0 Å². The molecule has 0 radical (unpaired) electrons. The summed E-state index contributed by atoms with van der Waals surface area (Å²) in [6, 6.07) is 3.78. The first-order valence-electron chi connectivity index (χ1n) is 7.34. The van der Waals surface area contributed by atoms with Crippen LogP contribution in [-0.2, 0) is 0 Å². The third-order valence-corrected chi connectivity index (χ3v) is 4.67. The highest BCUT2D eigenvalue weighted by Gasteiger charge is 2.43. The van der Waals surface area contributed by atoms with Crippen molar-refractivity contribution in [1.29, 1.82) is 5.26 Å². The molecule has 1 saturated heterocycles. The minimum absolute atomic E-state index is 0.305. The summed E-state index contributed by atoms with van der Waals surface area (Å²) in [6.07, 6.45) is 5.09. The van der Waals surface area contributed by atoms with E-state index in [4.69, 9.17) is 5.26 Å². The van der Waals surface area contributed by atoms with Crippen LogP contribution in [0.2, 0.25) is 0 Å². The van der Waals surface area contributed by atoms with Gasteiger partial charge >= 0.3 is 0 Å². The summed E-state index contributed by atoms with van der Waals surface area (Å²) in [5, 5.41) is 19.7. The van der Waals surface area contributed by atoms with E-state index in [2.05, 4.69) is 20.9 Å². The maximum atomic E-state index is 10.7. The van der Waals surface area contributed by atoms with E-state index in [9.17, 15) is 5.11 Å².